The maximum absolute atomic E-state index is 13.7. The molecule has 0 radical (unpaired) electrons. The van der Waals surface area contributed by atoms with Crippen LogP contribution in [0.5, 0.6) is 0 Å². The largest absolute Gasteiger partial charge is 0.449 e. The van der Waals surface area contributed by atoms with Crippen LogP contribution in [0.15, 0.2) is 53.4 Å². The van der Waals surface area contributed by atoms with Crippen molar-refractivity contribution in [1.82, 2.24) is 9.55 Å². The van der Waals surface area contributed by atoms with Crippen molar-refractivity contribution in [1.29, 1.82) is 0 Å². The molecule has 0 amide bonds. The number of alkyl halides is 3. The van der Waals surface area contributed by atoms with E-state index in [1.54, 1.807) is 12.1 Å². The number of fused-ring (bicyclic) bond motifs is 1. The van der Waals surface area contributed by atoms with E-state index in [9.17, 15) is 13.2 Å². The van der Waals surface area contributed by atoms with E-state index in [1.165, 1.54) is 16.5 Å². The molecule has 0 N–H and O–H groups in total. The summed E-state index contributed by atoms with van der Waals surface area (Å²) >= 11 is 1.52. The molecule has 1 unspecified atom stereocenters. The second-order valence-corrected chi connectivity index (χ2v) is 8.73. The molecule has 4 rings (SSSR count). The second-order valence-electron chi connectivity index (χ2n) is 7.53. The molecule has 1 fully saturated rings. The third kappa shape index (κ3) is 4.75. The first-order valence-electron chi connectivity index (χ1n) is 10.0. The predicted octanol–water partition coefficient (Wildman–Crippen LogP) is 6.02. The number of nitrogens with zero attached hydrogens (tertiary/aromatic N) is 3. The maximum Gasteiger partial charge on any atom is 0.449 e. The van der Waals surface area contributed by atoms with Crippen molar-refractivity contribution in [3.05, 3.63) is 54.4 Å². The number of aromatic nitrogens is 2. The molecule has 160 valence electrons. The van der Waals surface area contributed by atoms with Crippen LogP contribution in [-0.4, -0.2) is 29.8 Å². The van der Waals surface area contributed by atoms with Crippen LogP contribution < -0.4 is 4.31 Å². The van der Waals surface area contributed by atoms with Crippen molar-refractivity contribution in [2.75, 3.05) is 24.6 Å². The molecule has 1 aliphatic rings. The van der Waals surface area contributed by atoms with Gasteiger partial charge in [0.2, 0.25) is 5.82 Å². The Bertz CT molecular complexity index is 982. The van der Waals surface area contributed by atoms with Gasteiger partial charge < -0.3 is 13.6 Å². The molecule has 3 aromatic rings. The van der Waals surface area contributed by atoms with Crippen molar-refractivity contribution in [3.8, 4) is 0 Å². The Balaban J connectivity index is 1.65. The summed E-state index contributed by atoms with van der Waals surface area (Å²) in [5, 5.41) is 0. The smallest absolute Gasteiger partial charge is 0.381 e. The van der Waals surface area contributed by atoms with E-state index < -0.39 is 12.0 Å². The normalized spacial score (nSPS) is 17.8. The summed E-state index contributed by atoms with van der Waals surface area (Å²) in [5.74, 6) is -0.667. The second kappa shape index (κ2) is 8.89. The lowest BCUT2D eigenvalue weighted by Gasteiger charge is -2.19. The van der Waals surface area contributed by atoms with Crippen LogP contribution in [0.4, 0.5) is 18.9 Å². The molecule has 0 saturated carbocycles. The van der Waals surface area contributed by atoms with Gasteiger partial charge in [-0.05, 0) is 67.5 Å². The van der Waals surface area contributed by atoms with Gasteiger partial charge in [-0.1, -0.05) is 18.2 Å². The van der Waals surface area contributed by atoms with Gasteiger partial charge in [0.25, 0.3) is 0 Å². The van der Waals surface area contributed by atoms with Crippen molar-refractivity contribution >= 4 is 28.7 Å². The average molecular weight is 436 g/mol. The highest BCUT2D eigenvalue weighted by atomic mass is 32.2. The minimum Gasteiger partial charge on any atom is -0.381 e. The fraction of sp³-hybridized carbons (Fsp3) is 0.409. The summed E-state index contributed by atoms with van der Waals surface area (Å²) in [5.41, 5.74) is 1.69. The van der Waals surface area contributed by atoms with Gasteiger partial charge in [0.05, 0.1) is 11.0 Å². The molecule has 2 heterocycles. The van der Waals surface area contributed by atoms with Gasteiger partial charge in [0.1, 0.15) is 0 Å². The summed E-state index contributed by atoms with van der Waals surface area (Å²) in [4.78, 5) is 5.05. The van der Waals surface area contributed by atoms with E-state index in [1.807, 2.05) is 47.8 Å². The first-order chi connectivity index (χ1) is 14.4. The molecule has 0 spiro atoms. The van der Waals surface area contributed by atoms with E-state index in [2.05, 4.69) is 4.98 Å². The van der Waals surface area contributed by atoms with Gasteiger partial charge in [0.15, 0.2) is 0 Å². The van der Waals surface area contributed by atoms with Crippen molar-refractivity contribution < 1.29 is 17.9 Å². The molecule has 4 nitrogen and oxygen atoms in total. The molecule has 0 bridgehead atoms. The highest BCUT2D eigenvalue weighted by molar-refractivity contribution is 8.00. The van der Waals surface area contributed by atoms with E-state index >= 15 is 0 Å². The van der Waals surface area contributed by atoms with Crippen molar-refractivity contribution in [2.24, 2.45) is 5.92 Å². The van der Waals surface area contributed by atoms with E-state index in [4.69, 9.17) is 4.74 Å². The SMILES string of the molecule is CN(Sc1ccccc1)c1ccc2c(c1)nc(C(F)(F)F)n2CC1CCCOCC1. The Morgan fingerprint density at radius 2 is 1.93 bits per heavy atom. The van der Waals surface area contributed by atoms with Crippen LogP contribution in [0.1, 0.15) is 25.1 Å². The zero-order chi connectivity index (χ0) is 21.1. The molecule has 1 atom stereocenters. The van der Waals surface area contributed by atoms with Gasteiger partial charge in [-0.3, -0.25) is 0 Å². The number of rotatable bonds is 5. The highest BCUT2D eigenvalue weighted by Gasteiger charge is 2.38. The lowest BCUT2D eigenvalue weighted by atomic mass is 10.0. The van der Waals surface area contributed by atoms with Gasteiger partial charge in [0, 0.05) is 37.4 Å². The quantitative estimate of drug-likeness (QED) is 0.459. The number of benzene rings is 2. The minimum atomic E-state index is -4.49. The van der Waals surface area contributed by atoms with E-state index in [-0.39, 0.29) is 5.92 Å². The van der Waals surface area contributed by atoms with Crippen LogP contribution in [0, 0.1) is 5.92 Å². The molecule has 1 aliphatic heterocycles. The lowest BCUT2D eigenvalue weighted by molar-refractivity contribution is -0.147. The molecular weight excluding hydrogens is 411 g/mol. The molecule has 0 aliphatic carbocycles. The van der Waals surface area contributed by atoms with Gasteiger partial charge in [-0.15, -0.1) is 0 Å². The zero-order valence-corrected chi connectivity index (χ0v) is 17.5. The molecule has 30 heavy (non-hydrogen) atoms. The lowest BCUT2D eigenvalue weighted by Crippen LogP contribution is -2.19. The first kappa shape index (κ1) is 21.1. The number of ether oxygens (including phenoxy) is 1. The first-order valence-corrected chi connectivity index (χ1v) is 10.8. The third-order valence-electron chi connectivity index (χ3n) is 5.35. The Kier molecular flexibility index (Phi) is 6.24. The summed E-state index contributed by atoms with van der Waals surface area (Å²) in [7, 11) is 1.89. The molecule has 1 aromatic heterocycles. The Labute approximate surface area is 178 Å². The minimum absolute atomic E-state index is 0.155. The Hall–Kier alpha value is -2.19. The monoisotopic (exact) mass is 435 g/mol. The van der Waals surface area contributed by atoms with Gasteiger partial charge in [-0.2, -0.15) is 13.2 Å². The fourth-order valence-electron chi connectivity index (χ4n) is 3.82. The average Bonchev–Trinajstić information content (AvgIpc) is 2.89. The maximum atomic E-state index is 13.7. The number of imidazole rings is 1. The summed E-state index contributed by atoms with van der Waals surface area (Å²) in [6.45, 7) is 1.59. The van der Waals surface area contributed by atoms with Crippen molar-refractivity contribution in [3.63, 3.8) is 0 Å². The number of halogens is 3. The van der Waals surface area contributed by atoms with Gasteiger partial charge in [-0.25, -0.2) is 4.98 Å². The van der Waals surface area contributed by atoms with Crippen LogP contribution in [-0.2, 0) is 17.5 Å². The van der Waals surface area contributed by atoms with Crippen molar-refractivity contribution in [2.45, 2.75) is 36.9 Å². The molecule has 1 saturated heterocycles. The predicted molar refractivity (Wildman–Crippen MR) is 114 cm³/mol. The van der Waals surface area contributed by atoms with Crippen LogP contribution >= 0.6 is 11.9 Å². The van der Waals surface area contributed by atoms with Crippen LogP contribution in [0.25, 0.3) is 11.0 Å². The molecule has 2 aromatic carbocycles. The number of hydrogen-bond donors (Lipinski definition) is 0. The molecular formula is C22H24F3N3OS. The van der Waals surface area contributed by atoms with Crippen LogP contribution in [0.3, 0.4) is 0 Å². The van der Waals surface area contributed by atoms with E-state index in [0.29, 0.717) is 30.8 Å². The van der Waals surface area contributed by atoms with E-state index in [0.717, 1.165) is 29.8 Å². The summed E-state index contributed by atoms with van der Waals surface area (Å²) < 4.78 is 50.0. The standard InChI is InChI=1S/C22H24F3N3OS/c1-27(30-18-7-3-2-4-8-18)17-9-10-20-19(14-17)26-21(22(23,24)25)28(20)15-16-6-5-12-29-13-11-16/h2-4,7-10,14,16H,5-6,11-13,15H2,1H3. The summed E-state index contributed by atoms with van der Waals surface area (Å²) in [6, 6.07) is 15.2. The molecule has 8 heteroatoms. The van der Waals surface area contributed by atoms with Crippen LogP contribution in [0.2, 0.25) is 0 Å². The third-order valence-corrected chi connectivity index (χ3v) is 6.31. The summed E-state index contributed by atoms with van der Waals surface area (Å²) in [6.07, 6.45) is -1.98. The highest BCUT2D eigenvalue weighted by Crippen LogP contribution is 2.35. The Morgan fingerprint density at radius 1 is 1.13 bits per heavy atom. The topological polar surface area (TPSA) is 30.3 Å². The number of hydrogen-bond acceptors (Lipinski definition) is 4. The zero-order valence-electron chi connectivity index (χ0n) is 16.7. The Morgan fingerprint density at radius 3 is 2.70 bits per heavy atom. The fourth-order valence-corrected chi connectivity index (χ4v) is 4.63. The van der Waals surface area contributed by atoms with Gasteiger partial charge >= 0.3 is 6.18 Å². The number of anilines is 1.